The third kappa shape index (κ3) is 4.59. The van der Waals surface area contributed by atoms with Crippen LogP contribution in [0.3, 0.4) is 0 Å². The molecule has 0 bridgehead atoms. The number of nitrogens with one attached hydrogen (secondary N) is 2. The largest absolute Gasteiger partial charge is 0.452 e. The van der Waals surface area contributed by atoms with Crippen LogP contribution < -0.4 is 10.7 Å². The number of carbonyl (C=O) groups excluding carboxylic acids is 4. The van der Waals surface area contributed by atoms with E-state index in [9.17, 15) is 19.2 Å². The van der Waals surface area contributed by atoms with Gasteiger partial charge in [0, 0.05) is 6.20 Å². The van der Waals surface area contributed by atoms with Crippen LogP contribution in [0.5, 0.6) is 0 Å². The molecule has 2 N–H and O–H groups in total. The molecule has 11 heteroatoms. The van der Waals surface area contributed by atoms with Gasteiger partial charge in [-0.2, -0.15) is 10.1 Å². The molecule has 1 saturated heterocycles. The Labute approximate surface area is 215 Å². The summed E-state index contributed by atoms with van der Waals surface area (Å²) in [7, 11) is 0. The van der Waals surface area contributed by atoms with Gasteiger partial charge >= 0.3 is 12.0 Å². The van der Waals surface area contributed by atoms with Gasteiger partial charge in [-0.05, 0) is 36.1 Å². The Morgan fingerprint density at radius 3 is 2.41 bits per heavy atom. The van der Waals surface area contributed by atoms with Crippen LogP contribution in [-0.4, -0.2) is 45.2 Å². The van der Waals surface area contributed by atoms with Crippen LogP contribution in [0.4, 0.5) is 4.79 Å². The van der Waals surface area contributed by atoms with Gasteiger partial charge in [0.05, 0.1) is 10.6 Å². The molecule has 5 rings (SSSR count). The molecule has 4 aromatic rings. The fourth-order valence-electron chi connectivity index (χ4n) is 3.91. The molecule has 0 aliphatic carbocycles. The van der Waals surface area contributed by atoms with Crippen LogP contribution in [0.25, 0.3) is 16.3 Å². The minimum atomic E-state index is -1.34. The van der Waals surface area contributed by atoms with E-state index in [1.54, 1.807) is 41.9 Å². The molecule has 0 unspecified atom stereocenters. The van der Waals surface area contributed by atoms with Gasteiger partial charge in [-0.3, -0.25) is 15.0 Å². The number of amides is 4. The van der Waals surface area contributed by atoms with Crippen LogP contribution >= 0.6 is 11.3 Å². The summed E-state index contributed by atoms with van der Waals surface area (Å²) >= 11 is 1.41. The van der Waals surface area contributed by atoms with Crippen LogP contribution in [0, 0.1) is 0 Å². The first-order chi connectivity index (χ1) is 17.9. The highest BCUT2D eigenvalue weighted by atomic mass is 32.1. The number of hydrazine groups is 1. The van der Waals surface area contributed by atoms with Crippen molar-refractivity contribution in [3.05, 3.63) is 95.5 Å². The molecule has 186 valence electrons. The average molecular weight is 516 g/mol. The number of ether oxygens (including phenoxy) is 1. The zero-order valence-corrected chi connectivity index (χ0v) is 20.4. The lowest BCUT2D eigenvalue weighted by molar-refractivity contribution is -0.140. The van der Waals surface area contributed by atoms with E-state index in [1.165, 1.54) is 17.5 Å². The van der Waals surface area contributed by atoms with Crippen molar-refractivity contribution >= 4 is 35.2 Å². The highest BCUT2D eigenvalue weighted by Gasteiger charge is 2.50. The second-order valence-electron chi connectivity index (χ2n) is 8.32. The number of esters is 1. The fraction of sp³-hybridized carbons (Fsp3) is 0.115. The summed E-state index contributed by atoms with van der Waals surface area (Å²) in [6.45, 7) is 0.837. The first-order valence-corrected chi connectivity index (χ1v) is 12.1. The van der Waals surface area contributed by atoms with E-state index in [2.05, 4.69) is 15.8 Å². The fourth-order valence-corrected chi connectivity index (χ4v) is 4.63. The molecule has 4 amide bonds. The molecular weight excluding hydrogens is 494 g/mol. The topological polar surface area (TPSA) is 123 Å². The summed E-state index contributed by atoms with van der Waals surface area (Å²) in [5, 5.41) is 9.58. The van der Waals surface area contributed by atoms with E-state index < -0.39 is 36.0 Å². The molecule has 1 atom stereocenters. The van der Waals surface area contributed by atoms with Crippen LogP contribution in [0.2, 0.25) is 0 Å². The number of imide groups is 1. The lowest BCUT2D eigenvalue weighted by Gasteiger charge is -2.22. The molecule has 1 aliphatic heterocycles. The summed E-state index contributed by atoms with van der Waals surface area (Å²) in [6, 6.07) is 20.8. The number of benzene rings is 2. The van der Waals surface area contributed by atoms with Crippen LogP contribution in [0.15, 0.2) is 84.4 Å². The predicted octanol–water partition coefficient (Wildman–Crippen LogP) is 3.26. The SMILES string of the molecule is C[C@]1(c2ccccc2)NC(=O)N(NC(=O)COC(=O)c2cn(-c3ccccc3)nc2-c2cccs2)C1=O. The quantitative estimate of drug-likeness (QED) is 0.288. The van der Waals surface area contributed by atoms with Gasteiger partial charge in [-0.1, -0.05) is 54.6 Å². The molecule has 0 saturated carbocycles. The van der Waals surface area contributed by atoms with E-state index in [0.29, 0.717) is 16.3 Å². The second-order valence-corrected chi connectivity index (χ2v) is 9.27. The molecule has 37 heavy (non-hydrogen) atoms. The van der Waals surface area contributed by atoms with Gasteiger partial charge in [-0.25, -0.2) is 14.3 Å². The molecule has 0 radical (unpaired) electrons. The van der Waals surface area contributed by atoms with Crippen LogP contribution in [-0.2, 0) is 19.9 Å². The normalized spacial score (nSPS) is 16.9. The van der Waals surface area contributed by atoms with E-state index in [-0.39, 0.29) is 5.56 Å². The van der Waals surface area contributed by atoms with Gasteiger partial charge in [0.15, 0.2) is 6.61 Å². The zero-order chi connectivity index (χ0) is 26.0. The summed E-state index contributed by atoms with van der Waals surface area (Å²) in [4.78, 5) is 51.6. The lowest BCUT2D eigenvalue weighted by atomic mass is 9.92. The van der Waals surface area contributed by atoms with E-state index in [1.807, 2.05) is 47.8 Å². The summed E-state index contributed by atoms with van der Waals surface area (Å²) in [6.07, 6.45) is 1.54. The average Bonchev–Trinajstić information content (AvgIpc) is 3.65. The third-order valence-electron chi connectivity index (χ3n) is 5.82. The monoisotopic (exact) mass is 515 g/mol. The molecule has 1 aliphatic rings. The van der Waals surface area contributed by atoms with Gasteiger partial charge in [0.2, 0.25) is 0 Å². The summed E-state index contributed by atoms with van der Waals surface area (Å²) in [5.74, 6) is -2.28. The van der Waals surface area contributed by atoms with Crippen molar-refractivity contribution in [1.82, 2.24) is 25.5 Å². The molecule has 2 aromatic carbocycles. The summed E-state index contributed by atoms with van der Waals surface area (Å²) < 4.78 is 6.78. The Morgan fingerprint density at radius 2 is 1.73 bits per heavy atom. The van der Waals surface area contributed by atoms with E-state index in [4.69, 9.17) is 4.74 Å². The molecule has 10 nitrogen and oxygen atoms in total. The number of aromatic nitrogens is 2. The Kier molecular flexibility index (Phi) is 6.28. The Morgan fingerprint density at radius 1 is 1.03 bits per heavy atom. The number of para-hydroxylation sites is 1. The number of hydrogen-bond acceptors (Lipinski definition) is 7. The van der Waals surface area contributed by atoms with Crippen LogP contribution in [0.1, 0.15) is 22.8 Å². The highest BCUT2D eigenvalue weighted by Crippen LogP contribution is 2.29. The number of urea groups is 1. The maximum absolute atomic E-state index is 13.0. The Bertz CT molecular complexity index is 1470. The minimum Gasteiger partial charge on any atom is -0.452 e. The van der Waals surface area contributed by atoms with Crippen molar-refractivity contribution in [1.29, 1.82) is 0 Å². The van der Waals surface area contributed by atoms with Crippen molar-refractivity contribution in [3.63, 3.8) is 0 Å². The van der Waals surface area contributed by atoms with Crippen molar-refractivity contribution in [2.75, 3.05) is 6.61 Å². The number of carbonyl (C=O) groups is 4. The molecule has 2 aromatic heterocycles. The van der Waals surface area contributed by atoms with Crippen molar-refractivity contribution in [2.45, 2.75) is 12.5 Å². The number of thiophene rings is 1. The molecule has 1 fully saturated rings. The first kappa shape index (κ1) is 23.9. The Balaban J connectivity index is 1.28. The van der Waals surface area contributed by atoms with Gasteiger partial charge in [0.1, 0.15) is 16.8 Å². The van der Waals surface area contributed by atoms with Crippen molar-refractivity contribution in [3.8, 4) is 16.3 Å². The number of hydrogen-bond donors (Lipinski definition) is 2. The standard InChI is InChI=1S/C26H21N5O5S/c1-26(17-9-4-2-5-10-17)24(34)31(25(35)27-26)28-21(32)16-36-23(33)19-15-30(18-11-6-3-7-12-18)29-22(19)20-13-8-14-37-20/h2-15H,16H2,1H3,(H,27,35)(H,28,32)/t26-/m1/s1. The third-order valence-corrected chi connectivity index (χ3v) is 6.70. The van der Waals surface area contributed by atoms with E-state index >= 15 is 0 Å². The maximum atomic E-state index is 13.0. The second kappa shape index (κ2) is 9.70. The van der Waals surface area contributed by atoms with Gasteiger partial charge < -0.3 is 10.1 Å². The molecule has 0 spiro atoms. The predicted molar refractivity (Wildman–Crippen MR) is 134 cm³/mol. The number of nitrogens with zero attached hydrogens (tertiary/aromatic N) is 3. The van der Waals surface area contributed by atoms with Gasteiger partial charge in [0.25, 0.3) is 11.8 Å². The zero-order valence-electron chi connectivity index (χ0n) is 19.6. The highest BCUT2D eigenvalue weighted by molar-refractivity contribution is 7.13. The number of rotatable bonds is 7. The first-order valence-electron chi connectivity index (χ1n) is 11.2. The smallest absolute Gasteiger partial charge is 0.344 e. The summed E-state index contributed by atoms with van der Waals surface area (Å²) in [5.41, 5.74) is 2.77. The van der Waals surface area contributed by atoms with Crippen molar-refractivity contribution in [2.24, 2.45) is 0 Å². The van der Waals surface area contributed by atoms with E-state index in [0.717, 1.165) is 10.6 Å². The lowest BCUT2D eigenvalue weighted by Crippen LogP contribution is -2.49. The van der Waals surface area contributed by atoms with Gasteiger partial charge in [-0.15, -0.1) is 11.3 Å². The Hall–Kier alpha value is -4.77. The molecule has 3 heterocycles. The maximum Gasteiger partial charge on any atom is 0.344 e. The minimum absolute atomic E-state index is 0.172. The molecular formula is C26H21N5O5S. The van der Waals surface area contributed by atoms with Crippen molar-refractivity contribution < 1.29 is 23.9 Å².